The molecule has 0 aromatic heterocycles. The van der Waals surface area contributed by atoms with E-state index in [2.05, 4.69) is 23.1 Å². The molecule has 0 radical (unpaired) electrons. The van der Waals surface area contributed by atoms with E-state index < -0.39 is 10.0 Å². The zero-order valence-corrected chi connectivity index (χ0v) is 21.8. The zero-order chi connectivity index (χ0) is 24.6. The van der Waals surface area contributed by atoms with Crippen molar-refractivity contribution in [2.75, 3.05) is 46.2 Å². The summed E-state index contributed by atoms with van der Waals surface area (Å²) in [4.78, 5) is 17.4. The minimum atomic E-state index is -3.25. The summed E-state index contributed by atoms with van der Waals surface area (Å²) >= 11 is 0. The van der Waals surface area contributed by atoms with E-state index in [-0.39, 0.29) is 23.6 Å². The monoisotopic (exact) mass is 505 g/mol. The van der Waals surface area contributed by atoms with Gasteiger partial charge in [-0.1, -0.05) is 24.3 Å². The van der Waals surface area contributed by atoms with Crippen molar-refractivity contribution in [3.05, 3.63) is 35.4 Å². The Labute approximate surface area is 209 Å². The van der Waals surface area contributed by atoms with Crippen LogP contribution in [0.4, 0.5) is 4.79 Å². The van der Waals surface area contributed by atoms with Crippen LogP contribution in [0.1, 0.15) is 56.1 Å². The SMILES string of the molecule is COCCOC(=O)N1C2CCC(N3CCC4(CC3)CN(S(C)(=O)=O)Cc3ccccc34)CC1CC2. The van der Waals surface area contributed by atoms with Crippen LogP contribution in [0.15, 0.2) is 24.3 Å². The Kier molecular flexibility index (Phi) is 7.14. The van der Waals surface area contributed by atoms with Gasteiger partial charge in [0, 0.05) is 43.7 Å². The fraction of sp³-hybridized carbons (Fsp3) is 0.731. The van der Waals surface area contributed by atoms with E-state index in [4.69, 9.17) is 9.47 Å². The van der Waals surface area contributed by atoms with Gasteiger partial charge in [-0.15, -0.1) is 0 Å². The van der Waals surface area contributed by atoms with E-state index in [1.54, 1.807) is 11.4 Å². The maximum absolute atomic E-state index is 12.8. The third kappa shape index (κ3) is 4.97. The summed E-state index contributed by atoms with van der Waals surface area (Å²) in [5.74, 6) is 0. The van der Waals surface area contributed by atoms with Crippen LogP contribution in [-0.4, -0.2) is 93.0 Å². The molecule has 1 spiro atoms. The van der Waals surface area contributed by atoms with Gasteiger partial charge >= 0.3 is 6.09 Å². The van der Waals surface area contributed by atoms with Crippen LogP contribution in [-0.2, 0) is 31.5 Å². The predicted octanol–water partition coefficient (Wildman–Crippen LogP) is 2.96. The van der Waals surface area contributed by atoms with Crippen molar-refractivity contribution in [1.82, 2.24) is 14.1 Å². The molecule has 0 aliphatic carbocycles. The van der Waals surface area contributed by atoms with Crippen molar-refractivity contribution in [2.24, 2.45) is 0 Å². The van der Waals surface area contributed by atoms with E-state index >= 15 is 0 Å². The van der Waals surface area contributed by atoms with E-state index in [1.807, 2.05) is 11.0 Å². The largest absolute Gasteiger partial charge is 0.447 e. The van der Waals surface area contributed by atoms with E-state index in [0.717, 1.165) is 63.6 Å². The molecule has 4 aliphatic heterocycles. The number of ether oxygens (including phenoxy) is 2. The van der Waals surface area contributed by atoms with Crippen LogP contribution in [0.3, 0.4) is 0 Å². The van der Waals surface area contributed by atoms with Crippen molar-refractivity contribution in [1.29, 1.82) is 0 Å². The van der Waals surface area contributed by atoms with Crippen LogP contribution in [0.2, 0.25) is 0 Å². The number of sulfonamides is 1. The number of piperidine rings is 1. The molecule has 3 atom stereocenters. The van der Waals surface area contributed by atoms with Crippen LogP contribution >= 0.6 is 0 Å². The number of carbonyl (C=O) groups excluding carboxylic acids is 1. The molecule has 1 aromatic carbocycles. The number of carbonyl (C=O) groups is 1. The van der Waals surface area contributed by atoms with Crippen molar-refractivity contribution in [2.45, 2.75) is 75.0 Å². The Bertz CT molecular complexity index is 1020. The summed E-state index contributed by atoms with van der Waals surface area (Å²) in [5.41, 5.74) is 2.37. The van der Waals surface area contributed by atoms with Gasteiger partial charge in [0.15, 0.2) is 0 Å². The lowest BCUT2D eigenvalue weighted by molar-refractivity contribution is 0.0564. The molecule has 0 N–H and O–H groups in total. The fourth-order valence-electron chi connectivity index (χ4n) is 7.03. The minimum absolute atomic E-state index is 0.116. The van der Waals surface area contributed by atoms with Gasteiger partial charge < -0.3 is 19.3 Å². The first-order chi connectivity index (χ1) is 16.8. The highest BCUT2D eigenvalue weighted by molar-refractivity contribution is 7.88. The summed E-state index contributed by atoms with van der Waals surface area (Å²) in [6.45, 7) is 3.70. The molecule has 9 heteroatoms. The summed E-state index contributed by atoms with van der Waals surface area (Å²) in [7, 11) is -1.64. The number of hydrogen-bond donors (Lipinski definition) is 0. The molecule has 3 unspecified atom stereocenters. The van der Waals surface area contributed by atoms with Crippen molar-refractivity contribution >= 4 is 16.1 Å². The van der Waals surface area contributed by atoms with E-state index in [0.29, 0.717) is 32.3 Å². The topological polar surface area (TPSA) is 79.4 Å². The van der Waals surface area contributed by atoms with Gasteiger partial charge in [0.05, 0.1) is 12.9 Å². The molecule has 0 saturated carbocycles. The van der Waals surface area contributed by atoms with Gasteiger partial charge in [0.25, 0.3) is 0 Å². The Morgan fingerprint density at radius 3 is 2.43 bits per heavy atom. The van der Waals surface area contributed by atoms with Gasteiger partial charge in [0.1, 0.15) is 6.61 Å². The van der Waals surface area contributed by atoms with Crippen LogP contribution in [0, 0.1) is 0 Å². The quantitative estimate of drug-likeness (QED) is 0.573. The summed E-state index contributed by atoms with van der Waals surface area (Å²) in [5, 5.41) is 0. The van der Waals surface area contributed by atoms with Gasteiger partial charge in [-0.05, 0) is 69.2 Å². The highest BCUT2D eigenvalue weighted by Crippen LogP contribution is 2.44. The number of rotatable bonds is 5. The number of likely N-dealkylation sites (tertiary alicyclic amines) is 1. The molecule has 3 fully saturated rings. The highest BCUT2D eigenvalue weighted by atomic mass is 32.2. The van der Waals surface area contributed by atoms with Crippen molar-refractivity contribution in [3.8, 4) is 0 Å². The predicted molar refractivity (Wildman–Crippen MR) is 134 cm³/mol. The number of methoxy groups -OCH3 is 1. The van der Waals surface area contributed by atoms with Crippen LogP contribution in [0.5, 0.6) is 0 Å². The number of fused-ring (bicyclic) bond motifs is 4. The highest BCUT2D eigenvalue weighted by Gasteiger charge is 2.47. The molecule has 1 aromatic rings. The Hall–Kier alpha value is -1.68. The van der Waals surface area contributed by atoms with E-state index in [9.17, 15) is 13.2 Å². The first-order valence-corrected chi connectivity index (χ1v) is 14.9. The average Bonchev–Trinajstić information content (AvgIpc) is 3.13. The molecule has 5 rings (SSSR count). The fourth-order valence-corrected chi connectivity index (χ4v) is 7.89. The minimum Gasteiger partial charge on any atom is -0.447 e. The molecule has 35 heavy (non-hydrogen) atoms. The second-order valence-corrected chi connectivity index (χ2v) is 12.9. The van der Waals surface area contributed by atoms with Crippen LogP contribution < -0.4 is 0 Å². The number of amides is 1. The summed E-state index contributed by atoms with van der Waals surface area (Å²) in [6.07, 6.45) is 8.30. The molecule has 1 amide bonds. The molecular weight excluding hydrogens is 466 g/mol. The van der Waals surface area contributed by atoms with Gasteiger partial charge in [-0.25, -0.2) is 13.2 Å². The zero-order valence-electron chi connectivity index (χ0n) is 21.0. The van der Waals surface area contributed by atoms with Gasteiger partial charge in [-0.3, -0.25) is 0 Å². The first-order valence-electron chi connectivity index (χ1n) is 13.0. The smallest absolute Gasteiger partial charge is 0.410 e. The molecule has 3 saturated heterocycles. The normalized spacial score (nSPS) is 29.1. The van der Waals surface area contributed by atoms with E-state index in [1.165, 1.54) is 11.8 Å². The number of hydrogen-bond acceptors (Lipinski definition) is 6. The Morgan fingerprint density at radius 1 is 1.03 bits per heavy atom. The molecular formula is C26H39N3O5S. The molecule has 4 aliphatic rings. The maximum Gasteiger partial charge on any atom is 0.410 e. The second kappa shape index (κ2) is 10.00. The molecule has 194 valence electrons. The number of benzene rings is 1. The summed E-state index contributed by atoms with van der Waals surface area (Å²) in [6, 6.07) is 9.39. The molecule has 8 nitrogen and oxygen atoms in total. The molecule has 2 bridgehead atoms. The summed E-state index contributed by atoms with van der Waals surface area (Å²) < 4.78 is 37.1. The standard InChI is InChI=1S/C26H39N3O5S/c1-33-15-16-34-25(30)29-21-7-9-22(17-23(29)10-8-21)27-13-11-26(12-14-27)19-28(35(2,31)32)18-20-5-3-4-6-24(20)26/h3-6,21-23H,7-19H2,1-2H3. The second-order valence-electron chi connectivity index (χ2n) is 10.9. The average molecular weight is 506 g/mol. The third-order valence-electron chi connectivity index (χ3n) is 8.88. The maximum atomic E-state index is 12.8. The molecule has 4 heterocycles. The lowest BCUT2D eigenvalue weighted by Crippen LogP contribution is -2.54. The van der Waals surface area contributed by atoms with Gasteiger partial charge in [-0.2, -0.15) is 4.31 Å². The third-order valence-corrected chi connectivity index (χ3v) is 10.1. The van der Waals surface area contributed by atoms with Crippen LogP contribution in [0.25, 0.3) is 0 Å². The number of nitrogens with zero attached hydrogens (tertiary/aromatic N) is 3. The van der Waals surface area contributed by atoms with Crippen molar-refractivity contribution < 1.29 is 22.7 Å². The first kappa shape index (κ1) is 25.0. The van der Waals surface area contributed by atoms with Gasteiger partial charge in [0.2, 0.25) is 10.0 Å². The lowest BCUT2D eigenvalue weighted by atomic mass is 9.69. The Morgan fingerprint density at radius 2 is 1.71 bits per heavy atom. The van der Waals surface area contributed by atoms with Crippen molar-refractivity contribution in [3.63, 3.8) is 0 Å². The lowest BCUT2D eigenvalue weighted by Gasteiger charge is -2.49. The Balaban J connectivity index is 1.27.